The van der Waals surface area contributed by atoms with Gasteiger partial charge in [0.25, 0.3) is 5.91 Å². The van der Waals surface area contributed by atoms with E-state index in [0.29, 0.717) is 15.8 Å². The third-order valence-electron chi connectivity index (χ3n) is 4.13. The lowest BCUT2D eigenvalue weighted by Crippen LogP contribution is -2.48. The minimum Gasteiger partial charge on any atom is -0.479 e. The number of rotatable bonds is 7. The molecule has 1 saturated heterocycles. The second-order valence-corrected chi connectivity index (χ2v) is 6.71. The number of carbonyl (C=O) groups is 1. The molecule has 1 aromatic carbocycles. The predicted molar refractivity (Wildman–Crippen MR) is 96.0 cm³/mol. The molecule has 0 aliphatic carbocycles. The molecule has 1 fully saturated rings. The van der Waals surface area contributed by atoms with E-state index < -0.39 is 6.10 Å². The molecule has 134 valence electrons. The molecule has 1 aromatic rings. The summed E-state index contributed by atoms with van der Waals surface area (Å²) in [4.78, 5) is 14.7. The number of nitrogens with zero attached hydrogens (tertiary/aromatic N) is 1. The van der Waals surface area contributed by atoms with Gasteiger partial charge in [-0.15, -0.1) is 0 Å². The van der Waals surface area contributed by atoms with Crippen LogP contribution in [0, 0.1) is 0 Å². The highest BCUT2D eigenvalue weighted by Crippen LogP contribution is 2.32. The van der Waals surface area contributed by atoms with E-state index in [2.05, 4.69) is 10.2 Å². The minimum absolute atomic E-state index is 0.138. The van der Waals surface area contributed by atoms with E-state index in [4.69, 9.17) is 32.7 Å². The predicted octanol–water partition coefficient (Wildman–Crippen LogP) is 2.99. The molecule has 7 heteroatoms. The van der Waals surface area contributed by atoms with Crippen LogP contribution in [-0.4, -0.2) is 56.3 Å². The Balaban J connectivity index is 1.79. The van der Waals surface area contributed by atoms with Gasteiger partial charge in [0, 0.05) is 32.8 Å². The molecule has 1 amide bonds. The van der Waals surface area contributed by atoms with Gasteiger partial charge in [-0.3, -0.25) is 4.79 Å². The summed E-state index contributed by atoms with van der Waals surface area (Å²) in [5.74, 6) is 0.280. The van der Waals surface area contributed by atoms with Crippen molar-refractivity contribution in [3.05, 3.63) is 28.2 Å². The third kappa shape index (κ3) is 5.52. The quantitative estimate of drug-likeness (QED) is 0.796. The fraction of sp³-hybridized carbons (Fsp3) is 0.588. The summed E-state index contributed by atoms with van der Waals surface area (Å²) in [6.45, 7) is 5.31. The number of hydrogen-bond acceptors (Lipinski definition) is 4. The van der Waals surface area contributed by atoms with E-state index in [1.165, 1.54) is 0 Å². The number of carbonyl (C=O) groups excluding carboxylic acids is 1. The molecule has 0 spiro atoms. The summed E-state index contributed by atoms with van der Waals surface area (Å²) in [6, 6.07) is 5.30. The molecule has 0 radical (unpaired) electrons. The molecule has 0 bridgehead atoms. The Morgan fingerprint density at radius 3 is 2.75 bits per heavy atom. The van der Waals surface area contributed by atoms with Crippen molar-refractivity contribution in [1.29, 1.82) is 0 Å². The van der Waals surface area contributed by atoms with Crippen molar-refractivity contribution in [2.45, 2.75) is 31.9 Å². The van der Waals surface area contributed by atoms with Crippen LogP contribution in [0.4, 0.5) is 0 Å². The number of ether oxygens (including phenoxy) is 2. The molecule has 1 heterocycles. The van der Waals surface area contributed by atoms with Gasteiger partial charge in [0.05, 0.1) is 11.6 Å². The summed E-state index contributed by atoms with van der Waals surface area (Å²) in [5.41, 5.74) is 0. The standard InChI is InChI=1S/C17H24Cl2N2O3/c1-12(24-15-5-3-4-14(18)16(15)19)17(22)20-13-6-8-21(9-7-13)10-11-23-2/h3-5,12-13H,6-11H2,1-2H3,(H,20,22). The molecule has 1 aliphatic rings. The number of halogens is 2. The SMILES string of the molecule is COCCN1CCC(NC(=O)C(C)Oc2cccc(Cl)c2Cl)CC1. The zero-order chi connectivity index (χ0) is 17.5. The number of hydrogen-bond donors (Lipinski definition) is 1. The summed E-state index contributed by atoms with van der Waals surface area (Å²) in [7, 11) is 1.71. The highest BCUT2D eigenvalue weighted by Gasteiger charge is 2.24. The Bertz CT molecular complexity index is 549. The Morgan fingerprint density at radius 1 is 1.38 bits per heavy atom. The average Bonchev–Trinajstić information content (AvgIpc) is 2.58. The maximum Gasteiger partial charge on any atom is 0.260 e. The molecular weight excluding hydrogens is 351 g/mol. The van der Waals surface area contributed by atoms with Crippen LogP contribution in [0.15, 0.2) is 18.2 Å². The number of benzene rings is 1. The maximum absolute atomic E-state index is 12.3. The van der Waals surface area contributed by atoms with Crippen molar-refractivity contribution < 1.29 is 14.3 Å². The van der Waals surface area contributed by atoms with Gasteiger partial charge < -0.3 is 19.7 Å². The van der Waals surface area contributed by atoms with Crippen molar-refractivity contribution in [3.8, 4) is 5.75 Å². The lowest BCUT2D eigenvalue weighted by Gasteiger charge is -2.32. The van der Waals surface area contributed by atoms with Crippen LogP contribution in [0.1, 0.15) is 19.8 Å². The molecule has 1 unspecified atom stereocenters. The average molecular weight is 375 g/mol. The van der Waals surface area contributed by atoms with Gasteiger partial charge in [-0.2, -0.15) is 0 Å². The van der Waals surface area contributed by atoms with Crippen LogP contribution in [0.25, 0.3) is 0 Å². The molecule has 1 atom stereocenters. The fourth-order valence-corrected chi connectivity index (χ4v) is 3.00. The highest BCUT2D eigenvalue weighted by molar-refractivity contribution is 6.42. The van der Waals surface area contributed by atoms with Crippen molar-refractivity contribution in [1.82, 2.24) is 10.2 Å². The Hall–Kier alpha value is -1.01. The van der Waals surface area contributed by atoms with Gasteiger partial charge in [-0.1, -0.05) is 29.3 Å². The third-order valence-corrected chi connectivity index (χ3v) is 4.94. The summed E-state index contributed by atoms with van der Waals surface area (Å²) >= 11 is 12.0. The van der Waals surface area contributed by atoms with Gasteiger partial charge in [-0.25, -0.2) is 0 Å². The summed E-state index contributed by atoms with van der Waals surface area (Å²) < 4.78 is 10.7. The van der Waals surface area contributed by atoms with Crippen molar-refractivity contribution >= 4 is 29.1 Å². The molecule has 0 saturated carbocycles. The van der Waals surface area contributed by atoms with Crippen molar-refractivity contribution in [2.24, 2.45) is 0 Å². The lowest BCUT2D eigenvalue weighted by molar-refractivity contribution is -0.128. The topological polar surface area (TPSA) is 50.8 Å². The van der Waals surface area contributed by atoms with Crippen LogP contribution in [0.3, 0.4) is 0 Å². The Morgan fingerprint density at radius 2 is 2.08 bits per heavy atom. The number of likely N-dealkylation sites (tertiary alicyclic amines) is 1. The van der Waals surface area contributed by atoms with Crippen LogP contribution in [0.5, 0.6) is 5.75 Å². The number of amides is 1. The first-order valence-electron chi connectivity index (χ1n) is 8.13. The van der Waals surface area contributed by atoms with E-state index in [9.17, 15) is 4.79 Å². The second kappa shape index (κ2) is 9.47. The van der Waals surface area contributed by atoms with Crippen molar-refractivity contribution in [2.75, 3.05) is 33.4 Å². The molecule has 0 aromatic heterocycles. The molecule has 1 aliphatic heterocycles. The number of piperidine rings is 1. The maximum atomic E-state index is 12.3. The zero-order valence-corrected chi connectivity index (χ0v) is 15.6. The molecule has 24 heavy (non-hydrogen) atoms. The lowest BCUT2D eigenvalue weighted by atomic mass is 10.0. The number of nitrogens with one attached hydrogen (secondary N) is 1. The normalized spacial score (nSPS) is 17.5. The molecule has 2 rings (SSSR count). The minimum atomic E-state index is -0.632. The van der Waals surface area contributed by atoms with Gasteiger partial charge in [0.2, 0.25) is 0 Å². The molecule has 1 N–H and O–H groups in total. The monoisotopic (exact) mass is 374 g/mol. The highest BCUT2D eigenvalue weighted by atomic mass is 35.5. The van der Waals surface area contributed by atoms with E-state index in [1.807, 2.05) is 0 Å². The van der Waals surface area contributed by atoms with Gasteiger partial charge in [0.15, 0.2) is 6.10 Å². The Labute approximate surface area is 153 Å². The fourth-order valence-electron chi connectivity index (χ4n) is 2.66. The van der Waals surface area contributed by atoms with E-state index in [1.54, 1.807) is 32.2 Å². The smallest absolute Gasteiger partial charge is 0.260 e. The van der Waals surface area contributed by atoms with Crippen LogP contribution < -0.4 is 10.1 Å². The van der Waals surface area contributed by atoms with Gasteiger partial charge in [-0.05, 0) is 31.9 Å². The first-order valence-corrected chi connectivity index (χ1v) is 8.89. The van der Waals surface area contributed by atoms with Crippen LogP contribution in [-0.2, 0) is 9.53 Å². The van der Waals surface area contributed by atoms with E-state index in [-0.39, 0.29) is 11.9 Å². The van der Waals surface area contributed by atoms with E-state index in [0.717, 1.165) is 39.1 Å². The number of methoxy groups -OCH3 is 1. The second-order valence-electron chi connectivity index (χ2n) is 5.93. The molecular formula is C17H24Cl2N2O3. The van der Waals surface area contributed by atoms with Crippen LogP contribution >= 0.6 is 23.2 Å². The largest absolute Gasteiger partial charge is 0.479 e. The van der Waals surface area contributed by atoms with Gasteiger partial charge in [0.1, 0.15) is 10.8 Å². The van der Waals surface area contributed by atoms with E-state index >= 15 is 0 Å². The Kier molecular flexibility index (Phi) is 7.62. The summed E-state index contributed by atoms with van der Waals surface area (Å²) in [6.07, 6.45) is 1.23. The van der Waals surface area contributed by atoms with Crippen molar-refractivity contribution in [3.63, 3.8) is 0 Å². The summed E-state index contributed by atoms with van der Waals surface area (Å²) in [5, 5.41) is 3.78. The molecule has 5 nitrogen and oxygen atoms in total. The first kappa shape index (κ1) is 19.3. The zero-order valence-electron chi connectivity index (χ0n) is 14.1. The van der Waals surface area contributed by atoms with Gasteiger partial charge >= 0.3 is 0 Å². The first-order chi connectivity index (χ1) is 11.5. The van der Waals surface area contributed by atoms with Crippen LogP contribution in [0.2, 0.25) is 10.0 Å².